The summed E-state index contributed by atoms with van der Waals surface area (Å²) in [6.07, 6.45) is 2.43. The third-order valence-corrected chi connectivity index (χ3v) is 4.65. The van der Waals surface area contributed by atoms with Gasteiger partial charge in [0.15, 0.2) is 0 Å². The number of hydrogen-bond donors (Lipinski definition) is 1. The van der Waals surface area contributed by atoms with Crippen LogP contribution in [0.5, 0.6) is 0 Å². The summed E-state index contributed by atoms with van der Waals surface area (Å²) < 4.78 is 0. The van der Waals surface area contributed by atoms with Crippen molar-refractivity contribution in [3.63, 3.8) is 0 Å². The maximum atomic E-state index is 6.17. The minimum Gasteiger partial charge on any atom is -0.322 e. The van der Waals surface area contributed by atoms with E-state index in [1.807, 2.05) is 11.4 Å². The average molecular weight is 299 g/mol. The number of hydrogen-bond acceptors (Lipinski definition) is 3. The van der Waals surface area contributed by atoms with Gasteiger partial charge in [-0.1, -0.05) is 23.2 Å². The van der Waals surface area contributed by atoms with Gasteiger partial charge in [0, 0.05) is 16.0 Å². The zero-order valence-electron chi connectivity index (χ0n) is 9.57. The Morgan fingerprint density at radius 1 is 1.33 bits per heavy atom. The first-order chi connectivity index (χ1) is 8.65. The molecule has 0 aliphatic heterocycles. The molecular formula is C13H12Cl2N2S. The second-order valence-corrected chi connectivity index (χ2v) is 6.29. The normalized spacial score (nSPS) is 16.8. The molecule has 2 nitrogen and oxygen atoms in total. The van der Waals surface area contributed by atoms with Crippen LogP contribution in [0.1, 0.15) is 23.9 Å². The van der Waals surface area contributed by atoms with Crippen LogP contribution in [0, 0.1) is 5.92 Å². The minimum atomic E-state index is 0.0710. The van der Waals surface area contributed by atoms with Gasteiger partial charge in [-0.15, -0.1) is 11.3 Å². The van der Waals surface area contributed by atoms with E-state index in [0.717, 1.165) is 16.3 Å². The van der Waals surface area contributed by atoms with Crippen LogP contribution < -0.4 is 5.73 Å². The zero-order valence-corrected chi connectivity index (χ0v) is 11.9. The van der Waals surface area contributed by atoms with E-state index in [1.165, 1.54) is 12.8 Å². The highest BCUT2D eigenvalue weighted by atomic mass is 35.5. The van der Waals surface area contributed by atoms with Crippen molar-refractivity contribution in [2.75, 3.05) is 0 Å². The Kier molecular flexibility index (Phi) is 3.32. The maximum absolute atomic E-state index is 6.17. The van der Waals surface area contributed by atoms with Gasteiger partial charge >= 0.3 is 0 Å². The first-order valence-corrected chi connectivity index (χ1v) is 7.45. The largest absolute Gasteiger partial charge is 0.322 e. The summed E-state index contributed by atoms with van der Waals surface area (Å²) in [4.78, 5) is 4.59. The smallest absolute Gasteiger partial charge is 0.110 e. The molecule has 0 radical (unpaired) electrons. The Morgan fingerprint density at radius 3 is 2.83 bits per heavy atom. The number of benzene rings is 1. The van der Waals surface area contributed by atoms with Crippen molar-refractivity contribution in [3.05, 3.63) is 38.6 Å². The number of rotatable bonds is 3. The zero-order chi connectivity index (χ0) is 12.7. The Bertz CT molecular complexity index is 578. The Labute approximate surface area is 120 Å². The molecule has 1 unspecified atom stereocenters. The molecule has 1 aliphatic carbocycles. The monoisotopic (exact) mass is 298 g/mol. The summed E-state index contributed by atoms with van der Waals surface area (Å²) in [5, 5.41) is 4.31. The predicted molar refractivity (Wildman–Crippen MR) is 77.2 cm³/mol. The quantitative estimate of drug-likeness (QED) is 0.904. The van der Waals surface area contributed by atoms with E-state index in [0.29, 0.717) is 16.0 Å². The highest BCUT2D eigenvalue weighted by Crippen LogP contribution is 2.41. The van der Waals surface area contributed by atoms with E-state index in [4.69, 9.17) is 28.9 Å². The lowest BCUT2D eigenvalue weighted by Crippen LogP contribution is -2.11. The van der Waals surface area contributed by atoms with Gasteiger partial charge < -0.3 is 5.73 Å². The van der Waals surface area contributed by atoms with E-state index in [9.17, 15) is 0 Å². The average Bonchev–Trinajstić information content (AvgIpc) is 3.09. The van der Waals surface area contributed by atoms with Crippen LogP contribution in [0.4, 0.5) is 0 Å². The summed E-state index contributed by atoms with van der Waals surface area (Å²) in [6, 6.07) is 5.47. The van der Waals surface area contributed by atoms with Gasteiger partial charge in [0.25, 0.3) is 0 Å². The van der Waals surface area contributed by atoms with E-state index >= 15 is 0 Å². The van der Waals surface area contributed by atoms with Crippen molar-refractivity contribution in [2.45, 2.75) is 18.9 Å². The van der Waals surface area contributed by atoms with Gasteiger partial charge in [-0.05, 0) is 37.0 Å². The molecule has 0 saturated heterocycles. The second kappa shape index (κ2) is 4.82. The topological polar surface area (TPSA) is 38.9 Å². The van der Waals surface area contributed by atoms with Crippen LogP contribution >= 0.6 is 34.5 Å². The Morgan fingerprint density at radius 2 is 2.11 bits per heavy atom. The van der Waals surface area contributed by atoms with Crippen molar-refractivity contribution in [2.24, 2.45) is 11.7 Å². The molecular weight excluding hydrogens is 287 g/mol. The molecule has 1 aliphatic rings. The molecule has 2 N–H and O–H groups in total. The summed E-state index contributed by atoms with van der Waals surface area (Å²) in [5.74, 6) is 0.610. The van der Waals surface area contributed by atoms with Crippen LogP contribution in [0.25, 0.3) is 11.3 Å². The maximum Gasteiger partial charge on any atom is 0.110 e. The molecule has 5 heteroatoms. The predicted octanol–water partition coefficient (Wildman–Crippen LogP) is 4.53. The van der Waals surface area contributed by atoms with Gasteiger partial charge in [-0.3, -0.25) is 0 Å². The highest BCUT2D eigenvalue weighted by Gasteiger charge is 2.31. The van der Waals surface area contributed by atoms with E-state index in [-0.39, 0.29) is 6.04 Å². The van der Waals surface area contributed by atoms with Crippen LogP contribution in [-0.2, 0) is 0 Å². The summed E-state index contributed by atoms with van der Waals surface area (Å²) in [7, 11) is 0. The molecule has 0 spiro atoms. The van der Waals surface area contributed by atoms with Crippen LogP contribution in [0.3, 0.4) is 0 Å². The number of nitrogens with two attached hydrogens (primary N) is 1. The summed E-state index contributed by atoms with van der Waals surface area (Å²) in [5.41, 5.74) is 7.88. The molecule has 94 valence electrons. The highest BCUT2D eigenvalue weighted by molar-refractivity contribution is 7.10. The molecule has 3 rings (SSSR count). The summed E-state index contributed by atoms with van der Waals surface area (Å²) in [6.45, 7) is 0. The third kappa shape index (κ3) is 2.41. The third-order valence-electron chi connectivity index (χ3n) is 3.14. The fourth-order valence-electron chi connectivity index (χ4n) is 1.92. The van der Waals surface area contributed by atoms with Crippen molar-refractivity contribution >= 4 is 34.5 Å². The molecule has 1 heterocycles. The van der Waals surface area contributed by atoms with Crippen LogP contribution in [0.2, 0.25) is 10.0 Å². The minimum absolute atomic E-state index is 0.0710. The van der Waals surface area contributed by atoms with Crippen molar-refractivity contribution in [3.8, 4) is 11.3 Å². The van der Waals surface area contributed by atoms with E-state index in [2.05, 4.69) is 4.98 Å². The first kappa shape index (κ1) is 12.4. The fraction of sp³-hybridized carbons (Fsp3) is 0.308. The van der Waals surface area contributed by atoms with Gasteiger partial charge in [-0.25, -0.2) is 4.98 Å². The molecule has 1 aromatic heterocycles. The van der Waals surface area contributed by atoms with Gasteiger partial charge in [-0.2, -0.15) is 0 Å². The SMILES string of the molecule is NC(c1nc(-c2cc(Cl)ccc2Cl)cs1)C1CC1. The van der Waals surface area contributed by atoms with E-state index < -0.39 is 0 Å². The number of aromatic nitrogens is 1. The lowest BCUT2D eigenvalue weighted by Gasteiger charge is -2.05. The van der Waals surface area contributed by atoms with Gasteiger partial charge in [0.1, 0.15) is 5.01 Å². The van der Waals surface area contributed by atoms with Crippen LogP contribution in [-0.4, -0.2) is 4.98 Å². The molecule has 0 amide bonds. The second-order valence-electron chi connectivity index (χ2n) is 4.56. The fourth-order valence-corrected chi connectivity index (χ4v) is 3.21. The lowest BCUT2D eigenvalue weighted by molar-refractivity contribution is 0.629. The molecule has 1 atom stereocenters. The van der Waals surface area contributed by atoms with E-state index in [1.54, 1.807) is 23.5 Å². The molecule has 1 fully saturated rings. The first-order valence-electron chi connectivity index (χ1n) is 5.81. The lowest BCUT2D eigenvalue weighted by atomic mass is 10.1. The van der Waals surface area contributed by atoms with Gasteiger partial charge in [0.05, 0.1) is 16.8 Å². The summed E-state index contributed by atoms with van der Waals surface area (Å²) >= 11 is 13.8. The molecule has 1 saturated carbocycles. The van der Waals surface area contributed by atoms with Crippen molar-refractivity contribution < 1.29 is 0 Å². The standard InChI is InChI=1S/C13H12Cl2N2S/c14-8-3-4-10(15)9(5-8)11-6-18-13(17-11)12(16)7-1-2-7/h3-7,12H,1-2,16H2. The number of thiazole rings is 1. The molecule has 2 aromatic rings. The van der Waals surface area contributed by atoms with Crippen molar-refractivity contribution in [1.82, 2.24) is 4.98 Å². The number of nitrogens with zero attached hydrogens (tertiary/aromatic N) is 1. The molecule has 0 bridgehead atoms. The van der Waals surface area contributed by atoms with Gasteiger partial charge in [0.2, 0.25) is 0 Å². The Hall–Kier alpha value is -0.610. The Balaban J connectivity index is 1.94. The van der Waals surface area contributed by atoms with Crippen molar-refractivity contribution in [1.29, 1.82) is 0 Å². The molecule has 18 heavy (non-hydrogen) atoms. The molecule has 1 aromatic carbocycles. The van der Waals surface area contributed by atoms with Crippen LogP contribution in [0.15, 0.2) is 23.6 Å². The number of halogens is 2.